The standard InChI is InChI=1S/C14H27NO2S/c1-11-6-8-12(9-7-11)10-15-13-4-3-5-14(13)18(2,16)17/h11-15H,3-10H2,1-2H3. The molecule has 106 valence electrons. The van der Waals surface area contributed by atoms with Gasteiger partial charge in [0.15, 0.2) is 9.84 Å². The first-order valence-corrected chi connectivity index (χ1v) is 9.34. The average molecular weight is 273 g/mol. The molecule has 0 amide bonds. The van der Waals surface area contributed by atoms with Crippen LogP contribution in [0.5, 0.6) is 0 Å². The van der Waals surface area contributed by atoms with E-state index in [0.29, 0.717) is 0 Å². The van der Waals surface area contributed by atoms with E-state index in [1.54, 1.807) is 0 Å². The van der Waals surface area contributed by atoms with E-state index in [4.69, 9.17) is 0 Å². The van der Waals surface area contributed by atoms with E-state index in [1.165, 1.54) is 31.9 Å². The molecule has 18 heavy (non-hydrogen) atoms. The number of hydrogen-bond donors (Lipinski definition) is 1. The maximum Gasteiger partial charge on any atom is 0.151 e. The third kappa shape index (κ3) is 3.70. The van der Waals surface area contributed by atoms with Crippen molar-refractivity contribution in [2.45, 2.75) is 63.2 Å². The Balaban J connectivity index is 1.79. The zero-order valence-electron chi connectivity index (χ0n) is 11.7. The number of sulfone groups is 1. The Bertz CT molecular complexity index is 358. The summed E-state index contributed by atoms with van der Waals surface area (Å²) in [4.78, 5) is 0. The lowest BCUT2D eigenvalue weighted by atomic mass is 9.83. The molecule has 0 spiro atoms. The SMILES string of the molecule is CC1CCC(CNC2CCCC2S(C)(=O)=O)CC1. The first-order chi connectivity index (χ1) is 8.47. The predicted octanol–water partition coefficient (Wildman–Crippen LogP) is 2.37. The monoisotopic (exact) mass is 273 g/mol. The van der Waals surface area contributed by atoms with Gasteiger partial charge in [-0.2, -0.15) is 0 Å². The Morgan fingerprint density at radius 1 is 1.06 bits per heavy atom. The third-order valence-electron chi connectivity index (χ3n) is 4.81. The Kier molecular flexibility index (Phi) is 4.70. The molecule has 0 aromatic rings. The van der Waals surface area contributed by atoms with Crippen molar-refractivity contribution in [1.82, 2.24) is 5.32 Å². The second-order valence-corrected chi connectivity index (χ2v) is 8.70. The number of rotatable bonds is 4. The van der Waals surface area contributed by atoms with Crippen LogP contribution in [-0.2, 0) is 9.84 Å². The van der Waals surface area contributed by atoms with Crippen molar-refractivity contribution in [1.29, 1.82) is 0 Å². The van der Waals surface area contributed by atoms with Gasteiger partial charge >= 0.3 is 0 Å². The highest BCUT2D eigenvalue weighted by Crippen LogP contribution is 2.29. The van der Waals surface area contributed by atoms with E-state index in [-0.39, 0.29) is 11.3 Å². The van der Waals surface area contributed by atoms with Crippen LogP contribution in [0, 0.1) is 11.8 Å². The van der Waals surface area contributed by atoms with Crippen molar-refractivity contribution in [3.05, 3.63) is 0 Å². The van der Waals surface area contributed by atoms with Gasteiger partial charge < -0.3 is 5.32 Å². The van der Waals surface area contributed by atoms with Crippen molar-refractivity contribution in [3.63, 3.8) is 0 Å². The minimum Gasteiger partial charge on any atom is -0.312 e. The van der Waals surface area contributed by atoms with Crippen LogP contribution in [0.4, 0.5) is 0 Å². The van der Waals surface area contributed by atoms with Gasteiger partial charge in [0.05, 0.1) is 5.25 Å². The topological polar surface area (TPSA) is 46.2 Å². The summed E-state index contributed by atoms with van der Waals surface area (Å²) in [5.41, 5.74) is 0. The zero-order chi connectivity index (χ0) is 13.2. The summed E-state index contributed by atoms with van der Waals surface area (Å²) in [5.74, 6) is 1.65. The molecule has 2 fully saturated rings. The first kappa shape index (κ1) is 14.3. The highest BCUT2D eigenvalue weighted by molar-refractivity contribution is 7.91. The second kappa shape index (κ2) is 5.91. The van der Waals surface area contributed by atoms with Crippen molar-refractivity contribution < 1.29 is 8.42 Å². The molecule has 0 radical (unpaired) electrons. The second-order valence-electron chi connectivity index (χ2n) is 6.44. The zero-order valence-corrected chi connectivity index (χ0v) is 12.5. The normalized spacial score (nSPS) is 37.9. The molecule has 4 heteroatoms. The van der Waals surface area contributed by atoms with Crippen LogP contribution >= 0.6 is 0 Å². The summed E-state index contributed by atoms with van der Waals surface area (Å²) < 4.78 is 23.4. The van der Waals surface area contributed by atoms with Gasteiger partial charge in [0, 0.05) is 12.3 Å². The lowest BCUT2D eigenvalue weighted by molar-refractivity contribution is 0.274. The summed E-state index contributed by atoms with van der Waals surface area (Å²) >= 11 is 0. The molecule has 2 atom stereocenters. The molecule has 2 unspecified atom stereocenters. The van der Waals surface area contributed by atoms with Crippen LogP contribution in [0.1, 0.15) is 51.9 Å². The molecule has 3 nitrogen and oxygen atoms in total. The van der Waals surface area contributed by atoms with Gasteiger partial charge in [-0.3, -0.25) is 0 Å². The molecule has 1 N–H and O–H groups in total. The van der Waals surface area contributed by atoms with Gasteiger partial charge in [-0.05, 0) is 44.1 Å². The molecule has 2 aliphatic carbocycles. The maximum atomic E-state index is 11.7. The van der Waals surface area contributed by atoms with Crippen molar-refractivity contribution in [3.8, 4) is 0 Å². The smallest absolute Gasteiger partial charge is 0.151 e. The Morgan fingerprint density at radius 2 is 1.72 bits per heavy atom. The maximum absolute atomic E-state index is 11.7. The van der Waals surface area contributed by atoms with E-state index in [1.807, 2.05) is 0 Å². The first-order valence-electron chi connectivity index (χ1n) is 7.39. The Labute approximate surface area is 112 Å². The van der Waals surface area contributed by atoms with Gasteiger partial charge in [0.2, 0.25) is 0 Å². The molecule has 0 aliphatic heterocycles. The van der Waals surface area contributed by atoms with Crippen LogP contribution in [0.25, 0.3) is 0 Å². The van der Waals surface area contributed by atoms with E-state index in [0.717, 1.165) is 37.6 Å². The van der Waals surface area contributed by atoms with Crippen molar-refractivity contribution in [2.24, 2.45) is 11.8 Å². The minimum atomic E-state index is -2.88. The van der Waals surface area contributed by atoms with Crippen molar-refractivity contribution in [2.75, 3.05) is 12.8 Å². The third-order valence-corrected chi connectivity index (χ3v) is 6.47. The van der Waals surface area contributed by atoms with Crippen LogP contribution in [0.15, 0.2) is 0 Å². The largest absolute Gasteiger partial charge is 0.312 e. The number of nitrogens with one attached hydrogen (secondary N) is 1. The van der Waals surface area contributed by atoms with Gasteiger partial charge in [-0.25, -0.2) is 8.42 Å². The minimum absolute atomic E-state index is 0.139. The van der Waals surface area contributed by atoms with E-state index in [9.17, 15) is 8.42 Å². The van der Waals surface area contributed by atoms with Crippen LogP contribution < -0.4 is 5.32 Å². The van der Waals surface area contributed by atoms with E-state index < -0.39 is 9.84 Å². The average Bonchev–Trinajstić information content (AvgIpc) is 2.76. The molecular weight excluding hydrogens is 246 g/mol. The van der Waals surface area contributed by atoms with Crippen LogP contribution in [-0.4, -0.2) is 32.5 Å². The van der Waals surface area contributed by atoms with Crippen LogP contribution in [0.3, 0.4) is 0 Å². The molecule has 2 saturated carbocycles. The Hall–Kier alpha value is -0.0900. The molecule has 0 aromatic carbocycles. The van der Waals surface area contributed by atoms with Gasteiger partial charge in [-0.15, -0.1) is 0 Å². The summed E-state index contributed by atoms with van der Waals surface area (Å²) in [6.45, 7) is 3.35. The fraction of sp³-hybridized carbons (Fsp3) is 1.00. The molecule has 0 aromatic heterocycles. The lowest BCUT2D eigenvalue weighted by Crippen LogP contribution is -2.42. The predicted molar refractivity (Wildman–Crippen MR) is 75.4 cm³/mol. The fourth-order valence-corrected chi connectivity index (χ4v) is 4.95. The van der Waals surface area contributed by atoms with Crippen LogP contribution in [0.2, 0.25) is 0 Å². The molecule has 0 bridgehead atoms. The molecule has 0 saturated heterocycles. The summed E-state index contributed by atoms with van der Waals surface area (Å²) in [7, 11) is -2.88. The van der Waals surface area contributed by atoms with E-state index >= 15 is 0 Å². The van der Waals surface area contributed by atoms with Gasteiger partial charge in [-0.1, -0.05) is 26.2 Å². The van der Waals surface area contributed by atoms with E-state index in [2.05, 4.69) is 12.2 Å². The lowest BCUT2D eigenvalue weighted by Gasteiger charge is -2.28. The quantitative estimate of drug-likeness (QED) is 0.855. The molecule has 2 aliphatic rings. The molecule has 0 heterocycles. The number of hydrogen-bond acceptors (Lipinski definition) is 3. The molecule has 2 rings (SSSR count). The fourth-order valence-electron chi connectivity index (χ4n) is 3.52. The summed E-state index contributed by atoms with van der Waals surface area (Å²) in [5, 5.41) is 3.40. The molecular formula is C14H27NO2S. The highest BCUT2D eigenvalue weighted by Gasteiger charge is 2.34. The summed E-state index contributed by atoms with van der Waals surface area (Å²) in [6.07, 6.45) is 9.62. The Morgan fingerprint density at radius 3 is 2.33 bits per heavy atom. The summed E-state index contributed by atoms with van der Waals surface area (Å²) in [6, 6.07) is 0.208. The van der Waals surface area contributed by atoms with Gasteiger partial charge in [0.25, 0.3) is 0 Å². The highest BCUT2D eigenvalue weighted by atomic mass is 32.2. The van der Waals surface area contributed by atoms with Gasteiger partial charge in [0.1, 0.15) is 0 Å². The van der Waals surface area contributed by atoms with Crippen molar-refractivity contribution >= 4 is 9.84 Å².